The van der Waals surface area contributed by atoms with E-state index in [1.54, 1.807) is 7.11 Å². The number of methoxy groups -OCH3 is 1. The van der Waals surface area contributed by atoms with Crippen LogP contribution in [-0.4, -0.2) is 32.0 Å². The fourth-order valence-corrected chi connectivity index (χ4v) is 5.80. The number of aldehydes is 1. The average Bonchev–Trinajstić information content (AvgIpc) is 2.73. The lowest BCUT2D eigenvalue weighted by atomic mass is 9.55. The largest absolute Gasteiger partial charge is 0.359 e. The van der Waals surface area contributed by atoms with E-state index in [0.717, 1.165) is 25.0 Å². The predicted molar refractivity (Wildman–Crippen MR) is 115 cm³/mol. The molecule has 2 aliphatic carbocycles. The molecule has 3 rings (SSSR count). The highest BCUT2D eigenvalue weighted by Crippen LogP contribution is 2.52. The van der Waals surface area contributed by atoms with Gasteiger partial charge in [0.15, 0.2) is 0 Å². The molecule has 0 bridgehead atoms. The van der Waals surface area contributed by atoms with E-state index in [1.165, 1.54) is 16.8 Å². The summed E-state index contributed by atoms with van der Waals surface area (Å²) in [6.07, 6.45) is 11.4. The maximum Gasteiger partial charge on any atom is 0.146 e. The predicted octanol–water partition coefficient (Wildman–Crippen LogP) is 5.52. The van der Waals surface area contributed by atoms with Crippen molar-refractivity contribution in [1.82, 2.24) is 0 Å². The van der Waals surface area contributed by atoms with Gasteiger partial charge in [-0.2, -0.15) is 0 Å². The topological polar surface area (TPSA) is 35.5 Å². The van der Waals surface area contributed by atoms with Crippen LogP contribution >= 0.6 is 11.8 Å². The van der Waals surface area contributed by atoms with Gasteiger partial charge in [0.1, 0.15) is 13.1 Å². The molecule has 0 aromatic heterocycles. The summed E-state index contributed by atoms with van der Waals surface area (Å²) < 4.78 is 11.1. The Kier molecular flexibility index (Phi) is 7.55. The van der Waals surface area contributed by atoms with Gasteiger partial charge in [0.05, 0.1) is 6.10 Å². The van der Waals surface area contributed by atoms with Gasteiger partial charge >= 0.3 is 0 Å². The molecular formula is C24H32O3S. The molecule has 4 heteroatoms. The lowest BCUT2D eigenvalue weighted by Crippen LogP contribution is -2.48. The Morgan fingerprint density at radius 3 is 2.75 bits per heavy atom. The van der Waals surface area contributed by atoms with Crippen LogP contribution in [0.4, 0.5) is 0 Å². The zero-order chi connectivity index (χ0) is 20.0. The molecule has 1 aromatic carbocycles. The Morgan fingerprint density at radius 2 is 2.04 bits per heavy atom. The summed E-state index contributed by atoms with van der Waals surface area (Å²) in [6, 6.07) is 10.4. The van der Waals surface area contributed by atoms with Crippen molar-refractivity contribution in [3.05, 3.63) is 54.1 Å². The van der Waals surface area contributed by atoms with Gasteiger partial charge in [0.25, 0.3) is 0 Å². The van der Waals surface area contributed by atoms with Gasteiger partial charge in [0.2, 0.25) is 0 Å². The molecule has 0 N–H and O–H groups in total. The van der Waals surface area contributed by atoms with Crippen molar-refractivity contribution in [2.24, 2.45) is 23.2 Å². The Bertz CT molecular complexity index is 699. The fourth-order valence-electron chi connectivity index (χ4n) is 4.91. The molecule has 152 valence electrons. The third kappa shape index (κ3) is 4.61. The zero-order valence-corrected chi connectivity index (χ0v) is 18.0. The van der Waals surface area contributed by atoms with Gasteiger partial charge in [-0.25, -0.2) is 0 Å². The number of carbonyl (C=O) groups excluding carboxylic acids is 1. The number of rotatable bonds is 8. The van der Waals surface area contributed by atoms with Crippen molar-refractivity contribution >= 4 is 18.0 Å². The summed E-state index contributed by atoms with van der Waals surface area (Å²) in [5, 5.41) is 0. The van der Waals surface area contributed by atoms with Crippen LogP contribution in [0.5, 0.6) is 0 Å². The van der Waals surface area contributed by atoms with Crippen LogP contribution in [0.25, 0.3) is 0 Å². The number of ether oxygens (including phenoxy) is 2. The van der Waals surface area contributed by atoms with E-state index in [-0.39, 0.29) is 17.4 Å². The third-order valence-corrected chi connectivity index (χ3v) is 7.37. The molecule has 0 amide bonds. The van der Waals surface area contributed by atoms with E-state index in [4.69, 9.17) is 9.47 Å². The van der Waals surface area contributed by atoms with Crippen LogP contribution < -0.4 is 0 Å². The van der Waals surface area contributed by atoms with Crippen molar-refractivity contribution in [2.75, 3.05) is 19.7 Å². The van der Waals surface area contributed by atoms with Crippen LogP contribution in [0.2, 0.25) is 0 Å². The molecule has 5 atom stereocenters. The summed E-state index contributed by atoms with van der Waals surface area (Å²) in [5.41, 5.74) is 0.902. The van der Waals surface area contributed by atoms with Gasteiger partial charge in [-0.15, -0.1) is 11.8 Å². The van der Waals surface area contributed by atoms with Crippen LogP contribution in [-0.2, 0) is 14.3 Å². The summed E-state index contributed by atoms with van der Waals surface area (Å²) >= 11 is 1.83. The van der Waals surface area contributed by atoms with Crippen molar-refractivity contribution in [3.63, 3.8) is 0 Å². The number of allylic oxidation sites excluding steroid dienone is 2. The van der Waals surface area contributed by atoms with E-state index in [2.05, 4.69) is 56.3 Å². The van der Waals surface area contributed by atoms with E-state index >= 15 is 0 Å². The molecule has 0 unspecified atom stereocenters. The van der Waals surface area contributed by atoms with Gasteiger partial charge in [-0.3, -0.25) is 0 Å². The molecule has 2 aliphatic rings. The molecule has 1 aromatic rings. The first-order valence-electron chi connectivity index (χ1n) is 10.2. The lowest BCUT2D eigenvalue weighted by molar-refractivity contribution is -0.135. The van der Waals surface area contributed by atoms with Crippen LogP contribution in [0.1, 0.15) is 33.1 Å². The first-order valence-corrected chi connectivity index (χ1v) is 11.2. The molecule has 3 nitrogen and oxygen atoms in total. The van der Waals surface area contributed by atoms with E-state index in [0.29, 0.717) is 18.6 Å². The first-order chi connectivity index (χ1) is 13.6. The first kappa shape index (κ1) is 21.4. The summed E-state index contributed by atoms with van der Waals surface area (Å²) in [4.78, 5) is 13.6. The Labute approximate surface area is 173 Å². The van der Waals surface area contributed by atoms with E-state index < -0.39 is 0 Å². The van der Waals surface area contributed by atoms with Crippen LogP contribution in [0.15, 0.2) is 59.0 Å². The minimum Gasteiger partial charge on any atom is -0.359 e. The van der Waals surface area contributed by atoms with Crippen molar-refractivity contribution in [2.45, 2.75) is 44.1 Å². The molecule has 0 heterocycles. The number of carbonyl (C=O) groups is 1. The van der Waals surface area contributed by atoms with Gasteiger partial charge < -0.3 is 14.3 Å². The molecule has 0 spiro atoms. The SMILES string of the molecule is COCO[C@H]1CCC[C@@H]2[C@@H]1C=C[C@@H](/C(C)=C/CSc1ccccc1)[C@@]2(C)C=O. The standard InChI is InChI=1S/C24H32O3S/c1-18(14-15-28-19-8-5-4-6-9-19)21-13-12-20-22(24(21,2)16-25)10-7-11-23(20)27-17-26-3/h4-6,8-9,12-14,16,20-23H,7,10-11,15,17H2,1-3H3/b18-14+/t20-,21-,22+,23-,24+/m0/s1. The quantitative estimate of drug-likeness (QED) is 0.249. The minimum atomic E-state index is -0.382. The Balaban J connectivity index is 1.75. The highest BCUT2D eigenvalue weighted by Gasteiger charge is 2.49. The zero-order valence-electron chi connectivity index (χ0n) is 17.2. The number of thioether (sulfide) groups is 1. The van der Waals surface area contributed by atoms with Gasteiger partial charge in [-0.05, 0) is 37.8 Å². The molecule has 28 heavy (non-hydrogen) atoms. The number of fused-ring (bicyclic) bond motifs is 1. The Morgan fingerprint density at radius 1 is 1.25 bits per heavy atom. The second kappa shape index (κ2) is 9.91. The monoisotopic (exact) mass is 400 g/mol. The molecule has 1 fully saturated rings. The average molecular weight is 401 g/mol. The maximum absolute atomic E-state index is 12.3. The van der Waals surface area contributed by atoms with Crippen molar-refractivity contribution in [1.29, 1.82) is 0 Å². The molecule has 0 radical (unpaired) electrons. The molecular weight excluding hydrogens is 368 g/mol. The van der Waals surface area contributed by atoms with Gasteiger partial charge in [-0.1, -0.05) is 55.3 Å². The summed E-state index contributed by atoms with van der Waals surface area (Å²) in [5.74, 6) is 1.69. The van der Waals surface area contributed by atoms with E-state index in [1.807, 2.05) is 17.8 Å². The minimum absolute atomic E-state index is 0.146. The smallest absolute Gasteiger partial charge is 0.146 e. The molecule has 1 saturated carbocycles. The van der Waals surface area contributed by atoms with E-state index in [9.17, 15) is 4.79 Å². The summed E-state index contributed by atoms with van der Waals surface area (Å²) in [6.45, 7) is 4.63. The highest BCUT2D eigenvalue weighted by atomic mass is 32.2. The second-order valence-electron chi connectivity index (χ2n) is 8.15. The number of benzene rings is 1. The number of hydrogen-bond acceptors (Lipinski definition) is 4. The van der Waals surface area contributed by atoms with Gasteiger partial charge in [0, 0.05) is 35.0 Å². The summed E-state index contributed by atoms with van der Waals surface area (Å²) in [7, 11) is 1.66. The van der Waals surface area contributed by atoms with Crippen LogP contribution in [0.3, 0.4) is 0 Å². The number of hydrogen-bond donors (Lipinski definition) is 0. The second-order valence-corrected chi connectivity index (χ2v) is 9.24. The molecule has 0 saturated heterocycles. The van der Waals surface area contributed by atoms with Crippen molar-refractivity contribution < 1.29 is 14.3 Å². The normalized spacial score (nSPS) is 32.8. The fraction of sp³-hybridized carbons (Fsp3) is 0.542. The van der Waals surface area contributed by atoms with Crippen LogP contribution in [0, 0.1) is 23.2 Å². The maximum atomic E-state index is 12.3. The third-order valence-electron chi connectivity index (χ3n) is 6.44. The van der Waals surface area contributed by atoms with Crippen molar-refractivity contribution in [3.8, 4) is 0 Å². The molecule has 0 aliphatic heterocycles. The Hall–Kier alpha value is -1.36. The highest BCUT2D eigenvalue weighted by molar-refractivity contribution is 7.99. The lowest BCUT2D eigenvalue weighted by Gasteiger charge is -2.50.